The molecule has 0 unspecified atom stereocenters. The monoisotopic (exact) mass is 176 g/mol. The number of nitrogens with two attached hydrogens (primary N) is 1. The summed E-state index contributed by atoms with van der Waals surface area (Å²) in [7, 11) is 0. The molecule has 0 spiro atoms. The summed E-state index contributed by atoms with van der Waals surface area (Å²) in [4.78, 5) is 11.2. The molecule has 3 nitrogen and oxygen atoms in total. The van der Waals surface area contributed by atoms with Gasteiger partial charge in [-0.05, 0) is 12.0 Å². The molecule has 13 heavy (non-hydrogen) atoms. The average Bonchev–Trinajstić information content (AvgIpc) is 2.18. The van der Waals surface area contributed by atoms with Crippen molar-refractivity contribution in [1.82, 2.24) is 0 Å². The van der Waals surface area contributed by atoms with Gasteiger partial charge in [0.25, 0.3) is 0 Å². The number of hydrogen-bond donors (Lipinski definition) is 1. The normalized spacial score (nSPS) is 10.5. The lowest BCUT2D eigenvalue weighted by Gasteiger charge is -1.97. The third kappa shape index (κ3) is 2.40. The van der Waals surface area contributed by atoms with Crippen molar-refractivity contribution in [3.05, 3.63) is 35.4 Å². The minimum Gasteiger partial charge on any atom is -0.323 e. The number of rotatable bonds is 3. The van der Waals surface area contributed by atoms with E-state index >= 15 is 0 Å². The highest BCUT2D eigenvalue weighted by Crippen LogP contribution is 2.04. The van der Waals surface area contributed by atoms with E-state index in [1.54, 1.807) is 12.1 Å². The average molecular weight is 176 g/mol. The third-order valence-electron chi connectivity index (χ3n) is 1.84. The quantitative estimate of drug-likeness (QED) is 0.327. The van der Waals surface area contributed by atoms with Crippen LogP contribution in [0.1, 0.15) is 22.8 Å². The minimum atomic E-state index is -0.162. The van der Waals surface area contributed by atoms with Gasteiger partial charge in [-0.1, -0.05) is 31.2 Å². The molecule has 0 aliphatic rings. The number of benzene rings is 1. The Morgan fingerprint density at radius 2 is 2.08 bits per heavy atom. The van der Waals surface area contributed by atoms with Gasteiger partial charge in [0.05, 0.1) is 6.21 Å². The highest BCUT2D eigenvalue weighted by atomic mass is 16.1. The fourth-order valence-electron chi connectivity index (χ4n) is 1.05. The molecule has 0 fully saturated rings. The second-order valence-corrected chi connectivity index (χ2v) is 2.69. The zero-order valence-corrected chi connectivity index (χ0v) is 7.53. The SMILES string of the molecule is CCc1ccc(C(=O)/C=N/N)cc1. The zero-order valence-electron chi connectivity index (χ0n) is 7.53. The highest BCUT2D eigenvalue weighted by molar-refractivity contribution is 6.35. The minimum absolute atomic E-state index is 0.162. The Balaban J connectivity index is 2.85. The van der Waals surface area contributed by atoms with Crippen LogP contribution in [0.15, 0.2) is 29.4 Å². The Morgan fingerprint density at radius 1 is 1.46 bits per heavy atom. The number of carbonyl (C=O) groups excluding carboxylic acids is 1. The Morgan fingerprint density at radius 3 is 2.54 bits per heavy atom. The number of carbonyl (C=O) groups is 1. The first-order chi connectivity index (χ1) is 6.27. The van der Waals surface area contributed by atoms with Crippen molar-refractivity contribution in [1.29, 1.82) is 0 Å². The molecule has 1 rings (SSSR count). The fourth-order valence-corrected chi connectivity index (χ4v) is 1.05. The second kappa shape index (κ2) is 4.40. The van der Waals surface area contributed by atoms with Gasteiger partial charge in [0.1, 0.15) is 0 Å². The maximum atomic E-state index is 11.2. The van der Waals surface area contributed by atoms with E-state index in [1.165, 1.54) is 5.56 Å². The number of hydrogen-bond acceptors (Lipinski definition) is 3. The molecule has 0 saturated heterocycles. The van der Waals surface area contributed by atoms with Crippen LogP contribution in [0.2, 0.25) is 0 Å². The smallest absolute Gasteiger partial charge is 0.205 e. The van der Waals surface area contributed by atoms with Crippen molar-refractivity contribution in [2.75, 3.05) is 0 Å². The summed E-state index contributed by atoms with van der Waals surface area (Å²) in [5.74, 6) is 4.71. The van der Waals surface area contributed by atoms with Crippen LogP contribution in [0.5, 0.6) is 0 Å². The van der Waals surface area contributed by atoms with E-state index in [4.69, 9.17) is 5.84 Å². The Labute approximate surface area is 77.3 Å². The molecule has 1 aromatic rings. The molecule has 0 aromatic heterocycles. The highest BCUT2D eigenvalue weighted by Gasteiger charge is 2.00. The summed E-state index contributed by atoms with van der Waals surface area (Å²) in [5.41, 5.74) is 1.83. The van der Waals surface area contributed by atoms with Crippen LogP contribution in [0, 0.1) is 0 Å². The predicted octanol–water partition coefficient (Wildman–Crippen LogP) is 1.38. The van der Waals surface area contributed by atoms with E-state index in [0.29, 0.717) is 5.56 Å². The number of hydrazone groups is 1. The van der Waals surface area contributed by atoms with Gasteiger partial charge < -0.3 is 5.84 Å². The second-order valence-electron chi connectivity index (χ2n) is 2.69. The van der Waals surface area contributed by atoms with Crippen molar-refractivity contribution >= 4 is 12.0 Å². The van der Waals surface area contributed by atoms with Crippen molar-refractivity contribution in [3.8, 4) is 0 Å². The molecule has 1 aromatic carbocycles. The molecule has 0 atom stereocenters. The molecule has 0 aliphatic heterocycles. The van der Waals surface area contributed by atoms with Crippen molar-refractivity contribution < 1.29 is 4.79 Å². The van der Waals surface area contributed by atoms with Crippen LogP contribution >= 0.6 is 0 Å². The van der Waals surface area contributed by atoms with Crippen molar-refractivity contribution in [2.24, 2.45) is 10.9 Å². The summed E-state index contributed by atoms with van der Waals surface area (Å²) < 4.78 is 0. The van der Waals surface area contributed by atoms with Crippen LogP contribution in [0.3, 0.4) is 0 Å². The largest absolute Gasteiger partial charge is 0.323 e. The van der Waals surface area contributed by atoms with Crippen LogP contribution < -0.4 is 5.84 Å². The Kier molecular flexibility index (Phi) is 3.20. The first-order valence-electron chi connectivity index (χ1n) is 4.14. The summed E-state index contributed by atoms with van der Waals surface area (Å²) in [6, 6.07) is 7.42. The van der Waals surface area contributed by atoms with Gasteiger partial charge in [0.2, 0.25) is 5.78 Å². The van der Waals surface area contributed by atoms with Crippen LogP contribution in [0.25, 0.3) is 0 Å². The van der Waals surface area contributed by atoms with E-state index in [-0.39, 0.29) is 5.78 Å². The first kappa shape index (κ1) is 9.45. The Bertz CT molecular complexity index is 314. The topological polar surface area (TPSA) is 55.5 Å². The number of nitrogens with zero attached hydrogens (tertiary/aromatic N) is 1. The van der Waals surface area contributed by atoms with Gasteiger partial charge >= 0.3 is 0 Å². The maximum absolute atomic E-state index is 11.2. The molecule has 0 radical (unpaired) electrons. The molecule has 68 valence electrons. The summed E-state index contributed by atoms with van der Waals surface area (Å²) in [6.07, 6.45) is 2.08. The summed E-state index contributed by atoms with van der Waals surface area (Å²) in [5, 5.41) is 3.18. The molecule has 0 heterocycles. The van der Waals surface area contributed by atoms with E-state index in [2.05, 4.69) is 12.0 Å². The summed E-state index contributed by atoms with van der Waals surface area (Å²) in [6.45, 7) is 2.07. The lowest BCUT2D eigenvalue weighted by atomic mass is 10.1. The van der Waals surface area contributed by atoms with Gasteiger partial charge in [0, 0.05) is 5.56 Å². The lowest BCUT2D eigenvalue weighted by Crippen LogP contribution is -2.01. The van der Waals surface area contributed by atoms with Gasteiger partial charge in [-0.15, -0.1) is 0 Å². The first-order valence-corrected chi connectivity index (χ1v) is 4.14. The van der Waals surface area contributed by atoms with E-state index in [1.807, 2.05) is 12.1 Å². The van der Waals surface area contributed by atoms with Gasteiger partial charge in [-0.2, -0.15) is 5.10 Å². The van der Waals surface area contributed by atoms with Crippen molar-refractivity contribution in [2.45, 2.75) is 13.3 Å². The maximum Gasteiger partial charge on any atom is 0.205 e. The number of Topliss-reactive ketones (excluding diaryl/α,β-unsaturated/α-hetero) is 1. The molecule has 0 saturated carbocycles. The molecular formula is C10H12N2O. The third-order valence-corrected chi connectivity index (χ3v) is 1.84. The van der Waals surface area contributed by atoms with Crippen LogP contribution in [-0.4, -0.2) is 12.0 Å². The molecule has 2 N–H and O–H groups in total. The van der Waals surface area contributed by atoms with Gasteiger partial charge in [-0.3, -0.25) is 4.79 Å². The molecule has 0 amide bonds. The van der Waals surface area contributed by atoms with Crippen molar-refractivity contribution in [3.63, 3.8) is 0 Å². The number of ketones is 1. The molecule has 3 heteroatoms. The van der Waals surface area contributed by atoms with Crippen LogP contribution in [0.4, 0.5) is 0 Å². The lowest BCUT2D eigenvalue weighted by molar-refractivity contribution is 0.107. The van der Waals surface area contributed by atoms with E-state index < -0.39 is 0 Å². The standard InChI is InChI=1S/C10H12N2O/c1-2-8-3-5-9(6-4-8)10(13)7-12-11/h3-7H,2,11H2,1H3/b12-7+. The molecule has 0 bridgehead atoms. The fraction of sp³-hybridized carbons (Fsp3) is 0.200. The molecular weight excluding hydrogens is 164 g/mol. The predicted molar refractivity (Wildman–Crippen MR) is 52.8 cm³/mol. The van der Waals surface area contributed by atoms with E-state index in [9.17, 15) is 4.79 Å². The van der Waals surface area contributed by atoms with E-state index in [0.717, 1.165) is 12.6 Å². The zero-order chi connectivity index (χ0) is 9.68. The van der Waals surface area contributed by atoms with Crippen LogP contribution in [-0.2, 0) is 6.42 Å². The van der Waals surface area contributed by atoms with Gasteiger partial charge in [-0.25, -0.2) is 0 Å². The van der Waals surface area contributed by atoms with Gasteiger partial charge in [0.15, 0.2) is 0 Å². The Hall–Kier alpha value is -1.64. The summed E-state index contributed by atoms with van der Waals surface area (Å²) >= 11 is 0. The molecule has 0 aliphatic carbocycles. The number of aryl methyl sites for hydroxylation is 1.